The van der Waals surface area contributed by atoms with E-state index in [1.165, 1.54) is 44.9 Å². The Morgan fingerprint density at radius 2 is 1.93 bits per heavy atom. The van der Waals surface area contributed by atoms with E-state index in [1.54, 1.807) is 0 Å². The van der Waals surface area contributed by atoms with Gasteiger partial charge in [0.05, 0.1) is 6.10 Å². The summed E-state index contributed by atoms with van der Waals surface area (Å²) < 4.78 is 0. The maximum absolute atomic E-state index is 9.75. The summed E-state index contributed by atoms with van der Waals surface area (Å²) in [6.07, 6.45) is 10.5. The van der Waals surface area contributed by atoms with Crippen LogP contribution in [0.2, 0.25) is 0 Å². The van der Waals surface area contributed by atoms with Crippen LogP contribution in [-0.2, 0) is 0 Å². The van der Waals surface area contributed by atoms with Crippen LogP contribution in [0, 0.1) is 11.8 Å². The van der Waals surface area contributed by atoms with E-state index in [2.05, 4.69) is 13.8 Å². The van der Waals surface area contributed by atoms with Gasteiger partial charge in [0.2, 0.25) is 0 Å². The third-order valence-corrected chi connectivity index (χ3v) is 3.73. The van der Waals surface area contributed by atoms with Crippen molar-refractivity contribution in [1.29, 1.82) is 0 Å². The fraction of sp³-hybridized carbons (Fsp3) is 1.00. The summed E-state index contributed by atoms with van der Waals surface area (Å²) in [6, 6.07) is 0. The number of aliphatic hydroxyl groups is 1. The molecule has 1 aliphatic carbocycles. The molecule has 3 unspecified atom stereocenters. The Hall–Kier alpha value is -0.0400. The zero-order chi connectivity index (χ0) is 10.4. The van der Waals surface area contributed by atoms with Crippen LogP contribution in [0.15, 0.2) is 0 Å². The second-order valence-electron chi connectivity index (χ2n) is 5.07. The first-order valence-corrected chi connectivity index (χ1v) is 6.42. The van der Waals surface area contributed by atoms with Crippen molar-refractivity contribution >= 4 is 0 Å². The molecule has 0 aromatic rings. The highest BCUT2D eigenvalue weighted by Crippen LogP contribution is 2.31. The molecule has 0 spiro atoms. The molecule has 0 saturated heterocycles. The molecule has 1 nitrogen and oxygen atoms in total. The van der Waals surface area contributed by atoms with E-state index in [1.807, 2.05) is 0 Å². The molecule has 0 bridgehead atoms. The molecule has 0 aromatic carbocycles. The number of unbranched alkanes of at least 4 members (excludes halogenated alkanes) is 3. The highest BCUT2D eigenvalue weighted by Gasteiger charge is 2.25. The molecule has 1 fully saturated rings. The van der Waals surface area contributed by atoms with Crippen LogP contribution >= 0.6 is 0 Å². The van der Waals surface area contributed by atoms with Crippen LogP contribution in [0.5, 0.6) is 0 Å². The predicted molar refractivity (Wildman–Crippen MR) is 61.3 cm³/mol. The van der Waals surface area contributed by atoms with Gasteiger partial charge in [-0.3, -0.25) is 0 Å². The number of aliphatic hydroxyl groups excluding tert-OH is 1. The molecule has 1 heteroatoms. The second-order valence-corrected chi connectivity index (χ2v) is 5.07. The number of hydrogen-bond acceptors (Lipinski definition) is 1. The van der Waals surface area contributed by atoms with Crippen LogP contribution < -0.4 is 0 Å². The van der Waals surface area contributed by atoms with E-state index in [0.29, 0.717) is 5.92 Å². The van der Waals surface area contributed by atoms with Crippen molar-refractivity contribution < 1.29 is 5.11 Å². The van der Waals surface area contributed by atoms with Crippen LogP contribution in [0.1, 0.15) is 65.2 Å². The Morgan fingerprint density at radius 1 is 1.14 bits per heavy atom. The SMILES string of the molecule is CCCCCCC1CCC(C)C(O)C1. The fourth-order valence-electron chi connectivity index (χ4n) is 2.50. The first kappa shape index (κ1) is 12.0. The molecule has 14 heavy (non-hydrogen) atoms. The van der Waals surface area contributed by atoms with Gasteiger partial charge in [-0.15, -0.1) is 0 Å². The zero-order valence-corrected chi connectivity index (χ0v) is 9.84. The standard InChI is InChI=1S/C13H26O/c1-3-4-5-6-7-12-9-8-11(2)13(14)10-12/h11-14H,3-10H2,1-2H3. The molecule has 3 atom stereocenters. The average molecular weight is 198 g/mol. The Kier molecular flexibility index (Phi) is 5.54. The smallest absolute Gasteiger partial charge is 0.0568 e. The van der Waals surface area contributed by atoms with Gasteiger partial charge >= 0.3 is 0 Å². The van der Waals surface area contributed by atoms with E-state index in [4.69, 9.17) is 0 Å². The van der Waals surface area contributed by atoms with Crippen LogP contribution in [0.4, 0.5) is 0 Å². The van der Waals surface area contributed by atoms with Gasteiger partial charge in [-0.25, -0.2) is 0 Å². The van der Waals surface area contributed by atoms with E-state index in [-0.39, 0.29) is 6.10 Å². The molecule has 1 aliphatic rings. The summed E-state index contributed by atoms with van der Waals surface area (Å²) >= 11 is 0. The normalized spacial score (nSPS) is 33.2. The lowest BCUT2D eigenvalue weighted by atomic mass is 9.78. The Bertz CT molecular complexity index is 144. The van der Waals surface area contributed by atoms with Crippen molar-refractivity contribution in [1.82, 2.24) is 0 Å². The minimum atomic E-state index is -0.0140. The summed E-state index contributed by atoms with van der Waals surface area (Å²) in [5.41, 5.74) is 0. The quantitative estimate of drug-likeness (QED) is 0.667. The molecular weight excluding hydrogens is 172 g/mol. The maximum atomic E-state index is 9.75. The van der Waals surface area contributed by atoms with Gasteiger partial charge < -0.3 is 5.11 Å². The van der Waals surface area contributed by atoms with Gasteiger partial charge in [-0.05, 0) is 24.7 Å². The molecule has 1 rings (SSSR count). The molecule has 0 aliphatic heterocycles. The van der Waals surface area contributed by atoms with Crippen LogP contribution in [0.3, 0.4) is 0 Å². The van der Waals surface area contributed by atoms with Gasteiger partial charge in [-0.1, -0.05) is 52.4 Å². The Labute approximate surface area is 88.9 Å². The third kappa shape index (κ3) is 4.00. The number of hydrogen-bond donors (Lipinski definition) is 1. The van der Waals surface area contributed by atoms with Gasteiger partial charge in [0.15, 0.2) is 0 Å². The molecule has 1 N–H and O–H groups in total. The minimum Gasteiger partial charge on any atom is -0.393 e. The van der Waals surface area contributed by atoms with Gasteiger partial charge in [0, 0.05) is 0 Å². The van der Waals surface area contributed by atoms with Crippen LogP contribution in [-0.4, -0.2) is 11.2 Å². The summed E-state index contributed by atoms with van der Waals surface area (Å²) in [5.74, 6) is 1.36. The molecule has 0 heterocycles. The second kappa shape index (κ2) is 6.44. The van der Waals surface area contributed by atoms with Crippen LogP contribution in [0.25, 0.3) is 0 Å². The van der Waals surface area contributed by atoms with E-state index in [0.717, 1.165) is 12.3 Å². The van der Waals surface area contributed by atoms with Gasteiger partial charge in [0.25, 0.3) is 0 Å². The van der Waals surface area contributed by atoms with E-state index < -0.39 is 0 Å². The largest absolute Gasteiger partial charge is 0.393 e. The average Bonchev–Trinajstić information content (AvgIpc) is 2.18. The molecular formula is C13H26O. The maximum Gasteiger partial charge on any atom is 0.0568 e. The summed E-state index contributed by atoms with van der Waals surface area (Å²) in [5, 5.41) is 9.75. The molecule has 0 radical (unpaired) electrons. The van der Waals surface area contributed by atoms with Crippen molar-refractivity contribution in [3.05, 3.63) is 0 Å². The van der Waals surface area contributed by atoms with Gasteiger partial charge in [0.1, 0.15) is 0 Å². The van der Waals surface area contributed by atoms with E-state index >= 15 is 0 Å². The zero-order valence-electron chi connectivity index (χ0n) is 9.84. The predicted octanol–water partition coefficient (Wildman–Crippen LogP) is 3.75. The molecule has 0 amide bonds. The Morgan fingerprint density at radius 3 is 2.57 bits per heavy atom. The lowest BCUT2D eigenvalue weighted by Crippen LogP contribution is -2.27. The highest BCUT2D eigenvalue weighted by molar-refractivity contribution is 4.77. The monoisotopic (exact) mass is 198 g/mol. The minimum absolute atomic E-state index is 0.0140. The summed E-state index contributed by atoms with van der Waals surface area (Å²) in [4.78, 5) is 0. The molecule has 84 valence electrons. The van der Waals surface area contributed by atoms with Crippen molar-refractivity contribution in [2.24, 2.45) is 11.8 Å². The topological polar surface area (TPSA) is 20.2 Å². The first-order chi connectivity index (χ1) is 6.74. The lowest BCUT2D eigenvalue weighted by Gasteiger charge is -2.31. The lowest BCUT2D eigenvalue weighted by molar-refractivity contribution is 0.0505. The van der Waals surface area contributed by atoms with E-state index in [9.17, 15) is 5.11 Å². The summed E-state index contributed by atoms with van der Waals surface area (Å²) in [6.45, 7) is 4.43. The van der Waals surface area contributed by atoms with Gasteiger partial charge in [-0.2, -0.15) is 0 Å². The van der Waals surface area contributed by atoms with Crippen molar-refractivity contribution in [2.45, 2.75) is 71.3 Å². The first-order valence-electron chi connectivity index (χ1n) is 6.42. The molecule has 0 aromatic heterocycles. The van der Waals surface area contributed by atoms with Crippen molar-refractivity contribution in [3.8, 4) is 0 Å². The number of rotatable bonds is 5. The fourth-order valence-corrected chi connectivity index (χ4v) is 2.50. The van der Waals surface area contributed by atoms with Crippen molar-refractivity contribution in [3.63, 3.8) is 0 Å². The Balaban J connectivity index is 2.07. The molecule has 1 saturated carbocycles. The highest BCUT2D eigenvalue weighted by atomic mass is 16.3. The van der Waals surface area contributed by atoms with Crippen molar-refractivity contribution in [2.75, 3.05) is 0 Å². The summed E-state index contributed by atoms with van der Waals surface area (Å²) in [7, 11) is 0. The third-order valence-electron chi connectivity index (χ3n) is 3.73.